The van der Waals surface area contributed by atoms with Crippen LogP contribution < -0.4 is 0 Å². The van der Waals surface area contributed by atoms with Gasteiger partial charge in [0.2, 0.25) is 0 Å². The summed E-state index contributed by atoms with van der Waals surface area (Å²) in [5, 5.41) is 8.41. The second-order valence-electron chi connectivity index (χ2n) is 5.03. The number of carbonyl (C=O) groups is 1. The van der Waals surface area contributed by atoms with E-state index in [2.05, 4.69) is 4.74 Å². The number of rotatable bonds is 6. The molecule has 1 rings (SSSR count). The first-order chi connectivity index (χ1) is 9.03. The maximum Gasteiger partial charge on any atom is 0.405 e. The number of carbonyl (C=O) groups excluding carboxylic acids is 1. The van der Waals surface area contributed by atoms with E-state index in [-0.39, 0.29) is 6.42 Å². The first-order valence-electron chi connectivity index (χ1n) is 5.77. The van der Waals surface area contributed by atoms with Gasteiger partial charge in [-0.1, -0.05) is 0 Å². The minimum absolute atomic E-state index is 0.133. The van der Waals surface area contributed by atoms with Gasteiger partial charge in [-0.25, -0.2) is 8.42 Å². The summed E-state index contributed by atoms with van der Waals surface area (Å²) in [5.74, 6) is -4.92. The maximum absolute atomic E-state index is 12.4. The number of halogens is 3. The average molecular weight is 313 g/mol. The minimum Gasteiger partial charge on any atom is -0.469 e. The van der Waals surface area contributed by atoms with Crippen LogP contribution in [0.2, 0.25) is 0 Å². The fourth-order valence-corrected chi connectivity index (χ4v) is 4.12. The second-order valence-corrected chi connectivity index (χ2v) is 7.14. The van der Waals surface area contributed by atoms with Gasteiger partial charge in [-0.05, 0) is 18.3 Å². The van der Waals surface area contributed by atoms with Gasteiger partial charge < -0.3 is 4.74 Å². The summed E-state index contributed by atoms with van der Waals surface area (Å²) >= 11 is 0. The molecule has 5 nitrogen and oxygen atoms in total. The fraction of sp³-hybridized carbons (Fsp3) is 0.818. The molecule has 1 fully saturated rings. The van der Waals surface area contributed by atoms with Gasteiger partial charge >= 0.3 is 12.1 Å². The van der Waals surface area contributed by atoms with Gasteiger partial charge in [-0.3, -0.25) is 4.79 Å². The van der Waals surface area contributed by atoms with Crippen LogP contribution in [0.5, 0.6) is 0 Å². The van der Waals surface area contributed by atoms with Crippen molar-refractivity contribution in [3.05, 3.63) is 0 Å². The number of hydrogen-bond donors (Lipinski definition) is 0. The van der Waals surface area contributed by atoms with E-state index in [0.717, 1.165) is 13.2 Å². The first kappa shape index (κ1) is 16.8. The Labute approximate surface area is 114 Å². The highest BCUT2D eigenvalue weighted by molar-refractivity contribution is 7.91. The molecule has 0 radical (unpaired) electrons. The van der Waals surface area contributed by atoms with Crippen molar-refractivity contribution in [2.45, 2.75) is 25.4 Å². The van der Waals surface area contributed by atoms with Crippen LogP contribution in [0.3, 0.4) is 0 Å². The van der Waals surface area contributed by atoms with Crippen molar-refractivity contribution in [2.24, 2.45) is 11.3 Å². The molecule has 0 aromatic carbocycles. The highest BCUT2D eigenvalue weighted by Gasteiger charge is 2.50. The lowest BCUT2D eigenvalue weighted by molar-refractivity contribution is -0.153. The van der Waals surface area contributed by atoms with Crippen LogP contribution in [-0.2, 0) is 19.4 Å². The number of hydrogen-bond acceptors (Lipinski definition) is 5. The summed E-state index contributed by atoms with van der Waals surface area (Å²) in [7, 11) is -2.92. The molecule has 1 saturated carbocycles. The standard InChI is InChI=1S/C11H14F3NO4S/c1-19-9(16)4-10(2-3-10)7-20(17,18)6-8(5-15)11(12,13)14/h8H,2-4,6-7H2,1H3. The predicted octanol–water partition coefficient (Wildman–Crippen LogP) is 1.45. The molecule has 1 aliphatic rings. The van der Waals surface area contributed by atoms with Crippen LogP contribution >= 0.6 is 0 Å². The van der Waals surface area contributed by atoms with Gasteiger partial charge in [0.15, 0.2) is 15.8 Å². The summed E-state index contributed by atoms with van der Waals surface area (Å²) in [4.78, 5) is 11.1. The number of alkyl halides is 3. The number of ether oxygens (including phenoxy) is 1. The van der Waals surface area contributed by atoms with Gasteiger partial charge in [0.25, 0.3) is 0 Å². The van der Waals surface area contributed by atoms with Gasteiger partial charge in [-0.2, -0.15) is 18.4 Å². The van der Waals surface area contributed by atoms with Crippen LogP contribution in [-0.4, -0.2) is 39.2 Å². The molecule has 0 aromatic rings. The Morgan fingerprint density at radius 2 is 2.00 bits per heavy atom. The lowest BCUT2D eigenvalue weighted by Gasteiger charge is -2.17. The van der Waals surface area contributed by atoms with Gasteiger partial charge in [-0.15, -0.1) is 0 Å². The van der Waals surface area contributed by atoms with Crippen LogP contribution in [0.1, 0.15) is 19.3 Å². The molecular formula is C11H14F3NO4S. The number of methoxy groups -OCH3 is 1. The fourth-order valence-electron chi connectivity index (χ4n) is 1.91. The van der Waals surface area contributed by atoms with E-state index in [9.17, 15) is 26.4 Å². The van der Waals surface area contributed by atoms with Crippen molar-refractivity contribution >= 4 is 15.8 Å². The molecule has 1 aliphatic carbocycles. The summed E-state index contributed by atoms with van der Waals surface area (Å²) in [6, 6.07) is 0.960. The lowest BCUT2D eigenvalue weighted by atomic mass is 10.1. The SMILES string of the molecule is COC(=O)CC1(CS(=O)(=O)CC(C#N)C(F)(F)F)CC1. The first-order valence-corrected chi connectivity index (χ1v) is 7.59. The Balaban J connectivity index is 2.72. The molecule has 20 heavy (non-hydrogen) atoms. The van der Waals surface area contributed by atoms with E-state index < -0.39 is 44.8 Å². The highest BCUT2D eigenvalue weighted by atomic mass is 32.2. The quantitative estimate of drug-likeness (QED) is 0.693. The Kier molecular flexibility index (Phi) is 4.69. The second kappa shape index (κ2) is 5.60. The van der Waals surface area contributed by atoms with Gasteiger partial charge in [0.1, 0.15) is 0 Å². The summed E-state index contributed by atoms with van der Waals surface area (Å²) in [5.41, 5.74) is -0.822. The molecule has 0 heterocycles. The van der Waals surface area contributed by atoms with Crippen LogP contribution in [0.25, 0.3) is 0 Å². The molecule has 0 aromatic heterocycles. The zero-order valence-corrected chi connectivity index (χ0v) is 11.6. The largest absolute Gasteiger partial charge is 0.469 e. The molecule has 0 bridgehead atoms. The van der Waals surface area contributed by atoms with Crippen molar-refractivity contribution in [1.82, 2.24) is 0 Å². The van der Waals surface area contributed by atoms with Crippen molar-refractivity contribution in [1.29, 1.82) is 5.26 Å². The van der Waals surface area contributed by atoms with E-state index in [1.54, 1.807) is 0 Å². The van der Waals surface area contributed by atoms with E-state index in [1.165, 1.54) is 0 Å². The van der Waals surface area contributed by atoms with Crippen molar-refractivity contribution in [3.8, 4) is 6.07 Å². The van der Waals surface area contributed by atoms with E-state index >= 15 is 0 Å². The third kappa shape index (κ3) is 4.67. The third-order valence-corrected chi connectivity index (χ3v) is 5.10. The van der Waals surface area contributed by atoms with Crippen LogP contribution in [0.4, 0.5) is 13.2 Å². The molecule has 1 atom stereocenters. The van der Waals surface area contributed by atoms with Crippen LogP contribution in [0.15, 0.2) is 0 Å². The molecule has 0 saturated heterocycles. The molecule has 114 valence electrons. The minimum atomic E-state index is -4.87. The number of esters is 1. The van der Waals surface area contributed by atoms with Crippen molar-refractivity contribution in [2.75, 3.05) is 18.6 Å². The molecular weight excluding hydrogens is 299 g/mol. The van der Waals surface area contributed by atoms with Crippen molar-refractivity contribution in [3.63, 3.8) is 0 Å². The predicted molar refractivity (Wildman–Crippen MR) is 62.1 cm³/mol. The molecule has 0 aliphatic heterocycles. The zero-order chi connectivity index (χ0) is 15.6. The number of sulfone groups is 1. The zero-order valence-electron chi connectivity index (χ0n) is 10.7. The Morgan fingerprint density at radius 3 is 2.35 bits per heavy atom. The van der Waals surface area contributed by atoms with Gasteiger partial charge in [0, 0.05) is 0 Å². The summed E-state index contributed by atoms with van der Waals surface area (Å²) < 4.78 is 65.2. The topological polar surface area (TPSA) is 84.2 Å². The normalized spacial score (nSPS) is 18.9. The summed E-state index contributed by atoms with van der Waals surface area (Å²) in [6.45, 7) is 0. The average Bonchev–Trinajstić information content (AvgIpc) is 3.02. The monoisotopic (exact) mass is 313 g/mol. The van der Waals surface area contributed by atoms with Crippen molar-refractivity contribution < 1.29 is 31.1 Å². The van der Waals surface area contributed by atoms with E-state index in [4.69, 9.17) is 5.26 Å². The molecule has 0 N–H and O–H groups in total. The lowest BCUT2D eigenvalue weighted by Crippen LogP contribution is -2.32. The smallest absolute Gasteiger partial charge is 0.405 e. The molecule has 0 spiro atoms. The Bertz CT molecular complexity index is 517. The molecule has 0 amide bonds. The summed E-state index contributed by atoms with van der Waals surface area (Å²) in [6.07, 6.45) is -4.11. The molecule has 9 heteroatoms. The van der Waals surface area contributed by atoms with E-state index in [1.807, 2.05) is 0 Å². The van der Waals surface area contributed by atoms with Crippen LogP contribution in [0, 0.1) is 22.7 Å². The number of nitriles is 1. The van der Waals surface area contributed by atoms with Gasteiger partial charge in [0.05, 0.1) is 31.1 Å². The Hall–Kier alpha value is -1.30. The third-order valence-electron chi connectivity index (χ3n) is 3.20. The van der Waals surface area contributed by atoms with E-state index in [0.29, 0.717) is 12.8 Å². The Morgan fingerprint density at radius 1 is 1.45 bits per heavy atom. The maximum atomic E-state index is 12.4. The highest BCUT2D eigenvalue weighted by Crippen LogP contribution is 2.50. The number of nitrogens with zero attached hydrogens (tertiary/aromatic N) is 1. The molecule has 1 unspecified atom stereocenters.